The molecule has 0 amide bonds. The lowest BCUT2D eigenvalue weighted by atomic mass is 10.0. The minimum absolute atomic E-state index is 0.233. The first kappa shape index (κ1) is 13.3. The van der Waals surface area contributed by atoms with Gasteiger partial charge in [-0.3, -0.25) is 0 Å². The first-order chi connectivity index (χ1) is 8.63. The van der Waals surface area contributed by atoms with Crippen LogP contribution >= 0.6 is 22.9 Å². The average molecular weight is 286 g/mol. The molecule has 5 heteroatoms. The van der Waals surface area contributed by atoms with E-state index < -0.39 is 0 Å². The fourth-order valence-electron chi connectivity index (χ4n) is 1.77. The SMILES string of the molecule is COc1cccc(CC(N)c2sccc2Cl)c1F. The Bertz CT molecular complexity index is 544. The third-order valence-electron chi connectivity index (χ3n) is 2.68. The Balaban J connectivity index is 2.22. The van der Waals surface area contributed by atoms with Gasteiger partial charge in [0, 0.05) is 10.9 Å². The molecule has 0 spiro atoms. The van der Waals surface area contributed by atoms with Gasteiger partial charge in [0.15, 0.2) is 11.6 Å². The number of methoxy groups -OCH3 is 1. The van der Waals surface area contributed by atoms with Crippen molar-refractivity contribution in [2.45, 2.75) is 12.5 Å². The zero-order valence-electron chi connectivity index (χ0n) is 9.82. The van der Waals surface area contributed by atoms with E-state index in [-0.39, 0.29) is 17.6 Å². The number of halogens is 2. The normalized spacial score (nSPS) is 12.4. The minimum atomic E-state index is -0.358. The monoisotopic (exact) mass is 285 g/mol. The van der Waals surface area contributed by atoms with Crippen molar-refractivity contribution in [3.05, 3.63) is 50.9 Å². The maximum atomic E-state index is 14.0. The standard InChI is InChI=1S/C13H13ClFNOS/c1-17-11-4-2-3-8(12(11)15)7-10(16)13-9(14)5-6-18-13/h2-6,10H,7,16H2,1H3. The molecule has 0 saturated heterocycles. The average Bonchev–Trinajstić information content (AvgIpc) is 2.78. The summed E-state index contributed by atoms with van der Waals surface area (Å²) < 4.78 is 18.9. The van der Waals surface area contributed by atoms with Crippen LogP contribution in [0.2, 0.25) is 5.02 Å². The first-order valence-electron chi connectivity index (χ1n) is 5.43. The summed E-state index contributed by atoms with van der Waals surface area (Å²) in [5.41, 5.74) is 6.58. The Morgan fingerprint density at radius 3 is 2.83 bits per heavy atom. The highest BCUT2D eigenvalue weighted by atomic mass is 35.5. The molecule has 2 aromatic rings. The van der Waals surface area contributed by atoms with Crippen molar-refractivity contribution in [3.63, 3.8) is 0 Å². The van der Waals surface area contributed by atoms with Crippen molar-refractivity contribution in [1.29, 1.82) is 0 Å². The van der Waals surface area contributed by atoms with Crippen LogP contribution in [0.25, 0.3) is 0 Å². The smallest absolute Gasteiger partial charge is 0.168 e. The van der Waals surface area contributed by atoms with E-state index in [1.807, 2.05) is 5.38 Å². The number of ether oxygens (including phenoxy) is 1. The van der Waals surface area contributed by atoms with Crippen LogP contribution in [-0.2, 0) is 6.42 Å². The van der Waals surface area contributed by atoms with Gasteiger partial charge in [-0.05, 0) is 29.5 Å². The maximum Gasteiger partial charge on any atom is 0.168 e. The van der Waals surface area contributed by atoms with E-state index in [2.05, 4.69) is 0 Å². The van der Waals surface area contributed by atoms with Gasteiger partial charge >= 0.3 is 0 Å². The minimum Gasteiger partial charge on any atom is -0.494 e. The van der Waals surface area contributed by atoms with E-state index in [0.717, 1.165) is 4.88 Å². The number of nitrogens with two attached hydrogens (primary N) is 1. The molecule has 2 rings (SSSR count). The Morgan fingerprint density at radius 2 is 2.22 bits per heavy atom. The molecule has 0 bridgehead atoms. The topological polar surface area (TPSA) is 35.2 Å². The highest BCUT2D eigenvalue weighted by Crippen LogP contribution is 2.30. The summed E-state index contributed by atoms with van der Waals surface area (Å²) in [4.78, 5) is 0.874. The number of rotatable bonds is 4. The molecule has 18 heavy (non-hydrogen) atoms. The Morgan fingerprint density at radius 1 is 1.44 bits per heavy atom. The highest BCUT2D eigenvalue weighted by molar-refractivity contribution is 7.10. The molecule has 0 aliphatic rings. The molecule has 1 unspecified atom stereocenters. The van der Waals surface area contributed by atoms with Crippen molar-refractivity contribution in [1.82, 2.24) is 0 Å². The second-order valence-corrected chi connectivity index (χ2v) is 5.23. The second kappa shape index (κ2) is 5.69. The lowest BCUT2D eigenvalue weighted by Crippen LogP contribution is -2.13. The van der Waals surface area contributed by atoms with Crippen molar-refractivity contribution in [2.24, 2.45) is 5.73 Å². The molecule has 96 valence electrons. The van der Waals surface area contributed by atoms with Crippen LogP contribution in [0.5, 0.6) is 5.75 Å². The van der Waals surface area contributed by atoms with Gasteiger partial charge in [0.1, 0.15) is 0 Å². The van der Waals surface area contributed by atoms with E-state index in [1.165, 1.54) is 18.4 Å². The number of thiophene rings is 1. The molecule has 1 atom stereocenters. The molecule has 2 N–H and O–H groups in total. The maximum absolute atomic E-state index is 14.0. The molecule has 1 heterocycles. The molecular formula is C13H13ClFNOS. The molecule has 1 aromatic carbocycles. The fourth-order valence-corrected chi connectivity index (χ4v) is 2.97. The summed E-state index contributed by atoms with van der Waals surface area (Å²) in [7, 11) is 1.44. The van der Waals surface area contributed by atoms with Gasteiger partial charge in [0.05, 0.1) is 12.1 Å². The van der Waals surface area contributed by atoms with Crippen LogP contribution in [0.4, 0.5) is 4.39 Å². The van der Waals surface area contributed by atoms with Crippen LogP contribution in [0, 0.1) is 5.82 Å². The van der Waals surface area contributed by atoms with Gasteiger partial charge in [-0.15, -0.1) is 11.3 Å². The Labute approximate surface area is 114 Å². The van der Waals surface area contributed by atoms with Crippen LogP contribution in [0.3, 0.4) is 0 Å². The summed E-state index contributed by atoms with van der Waals surface area (Å²) in [6.07, 6.45) is 0.392. The number of hydrogen-bond donors (Lipinski definition) is 1. The van der Waals surface area contributed by atoms with Crippen LogP contribution in [0.1, 0.15) is 16.5 Å². The summed E-state index contributed by atoms with van der Waals surface area (Å²) in [6.45, 7) is 0. The summed E-state index contributed by atoms with van der Waals surface area (Å²) >= 11 is 7.49. The molecule has 0 saturated carbocycles. The molecule has 0 fully saturated rings. The van der Waals surface area contributed by atoms with E-state index in [1.54, 1.807) is 24.3 Å². The van der Waals surface area contributed by atoms with Crippen LogP contribution in [-0.4, -0.2) is 7.11 Å². The number of hydrogen-bond acceptors (Lipinski definition) is 3. The van der Waals surface area contributed by atoms with Crippen LogP contribution < -0.4 is 10.5 Å². The van der Waals surface area contributed by atoms with E-state index in [4.69, 9.17) is 22.1 Å². The quantitative estimate of drug-likeness (QED) is 0.927. The fraction of sp³-hybridized carbons (Fsp3) is 0.231. The van der Waals surface area contributed by atoms with E-state index in [0.29, 0.717) is 17.0 Å². The van der Waals surface area contributed by atoms with Crippen LogP contribution in [0.15, 0.2) is 29.6 Å². The summed E-state index contributed by atoms with van der Waals surface area (Å²) in [6, 6.07) is 6.53. The first-order valence-corrected chi connectivity index (χ1v) is 6.69. The van der Waals surface area contributed by atoms with Gasteiger partial charge in [-0.2, -0.15) is 0 Å². The van der Waals surface area contributed by atoms with E-state index in [9.17, 15) is 4.39 Å². The van der Waals surface area contributed by atoms with Gasteiger partial charge in [0.2, 0.25) is 0 Å². The third kappa shape index (κ3) is 2.66. The Hall–Kier alpha value is -1.10. The lowest BCUT2D eigenvalue weighted by Gasteiger charge is -2.12. The van der Waals surface area contributed by atoms with Gasteiger partial charge in [0.25, 0.3) is 0 Å². The molecule has 1 aromatic heterocycles. The van der Waals surface area contributed by atoms with Crippen molar-refractivity contribution < 1.29 is 9.13 Å². The molecule has 2 nitrogen and oxygen atoms in total. The molecule has 0 aliphatic carbocycles. The van der Waals surface area contributed by atoms with E-state index >= 15 is 0 Å². The zero-order chi connectivity index (χ0) is 13.1. The molecule has 0 aliphatic heterocycles. The zero-order valence-corrected chi connectivity index (χ0v) is 11.4. The lowest BCUT2D eigenvalue weighted by molar-refractivity contribution is 0.383. The van der Waals surface area contributed by atoms with Gasteiger partial charge < -0.3 is 10.5 Å². The van der Waals surface area contributed by atoms with Gasteiger partial charge in [-0.1, -0.05) is 23.7 Å². The summed E-state index contributed by atoms with van der Waals surface area (Å²) in [5.74, 6) is -0.125. The third-order valence-corrected chi connectivity index (χ3v) is 4.17. The van der Waals surface area contributed by atoms with Crippen molar-refractivity contribution in [2.75, 3.05) is 7.11 Å². The molecular weight excluding hydrogens is 273 g/mol. The molecule has 0 radical (unpaired) electrons. The predicted molar refractivity (Wildman–Crippen MR) is 72.9 cm³/mol. The highest BCUT2D eigenvalue weighted by Gasteiger charge is 2.16. The van der Waals surface area contributed by atoms with Crippen molar-refractivity contribution >= 4 is 22.9 Å². The predicted octanol–water partition coefficient (Wildman–Crippen LogP) is 3.79. The number of benzene rings is 1. The van der Waals surface area contributed by atoms with Crippen molar-refractivity contribution in [3.8, 4) is 5.75 Å². The largest absolute Gasteiger partial charge is 0.494 e. The summed E-state index contributed by atoms with van der Waals surface area (Å²) in [5, 5.41) is 2.51. The Kier molecular flexibility index (Phi) is 4.22. The van der Waals surface area contributed by atoms with Gasteiger partial charge in [-0.25, -0.2) is 4.39 Å². The second-order valence-electron chi connectivity index (χ2n) is 3.88.